The molecule has 0 aliphatic carbocycles. The van der Waals surface area contributed by atoms with E-state index in [1.54, 1.807) is 49.6 Å². The Morgan fingerprint density at radius 2 is 2.00 bits per heavy atom. The van der Waals surface area contributed by atoms with Gasteiger partial charge in [0.25, 0.3) is 5.89 Å². The lowest BCUT2D eigenvalue weighted by molar-refractivity contribution is -0.139. The highest BCUT2D eigenvalue weighted by Crippen LogP contribution is 2.27. The number of esters is 1. The molecule has 0 atom stereocenters. The smallest absolute Gasteiger partial charge is 0.331 e. The molecule has 0 unspecified atom stereocenters. The molecule has 1 aromatic heterocycles. The van der Waals surface area contributed by atoms with Gasteiger partial charge in [-0.05, 0) is 35.9 Å². The van der Waals surface area contributed by atoms with Crippen molar-refractivity contribution < 1.29 is 18.8 Å². The summed E-state index contributed by atoms with van der Waals surface area (Å²) in [4.78, 5) is 16.0. The molecule has 0 saturated carbocycles. The summed E-state index contributed by atoms with van der Waals surface area (Å²) in [6.07, 6.45) is 2.89. The van der Waals surface area contributed by atoms with Crippen LogP contribution in [0, 0.1) is 11.3 Å². The first-order valence-electron chi connectivity index (χ1n) is 8.00. The van der Waals surface area contributed by atoms with Crippen LogP contribution in [0.15, 0.2) is 59.1 Å². The van der Waals surface area contributed by atoms with Crippen molar-refractivity contribution >= 4 is 12.0 Å². The molecule has 0 fully saturated rings. The number of aromatic nitrogens is 2. The molecule has 27 heavy (non-hydrogen) atoms. The molecular weight excluding hydrogens is 346 g/mol. The second-order valence-corrected chi connectivity index (χ2v) is 5.39. The highest BCUT2D eigenvalue weighted by molar-refractivity contribution is 5.87. The Balaban J connectivity index is 1.58. The van der Waals surface area contributed by atoms with Gasteiger partial charge in [0.2, 0.25) is 5.82 Å². The Kier molecular flexibility index (Phi) is 5.60. The van der Waals surface area contributed by atoms with Crippen molar-refractivity contribution in [3.63, 3.8) is 0 Å². The van der Waals surface area contributed by atoms with Crippen molar-refractivity contribution in [3.8, 4) is 23.2 Å². The monoisotopic (exact) mass is 361 g/mol. The Labute approximate surface area is 155 Å². The van der Waals surface area contributed by atoms with Crippen LogP contribution in [-0.4, -0.2) is 23.2 Å². The third kappa shape index (κ3) is 4.58. The maximum Gasteiger partial charge on any atom is 0.331 e. The number of nitriles is 1. The van der Waals surface area contributed by atoms with Gasteiger partial charge in [0, 0.05) is 6.08 Å². The molecule has 0 radical (unpaired) electrons. The van der Waals surface area contributed by atoms with E-state index < -0.39 is 5.97 Å². The van der Waals surface area contributed by atoms with E-state index in [0.717, 1.165) is 5.56 Å². The highest BCUT2D eigenvalue weighted by Gasteiger charge is 2.13. The third-order valence-electron chi connectivity index (χ3n) is 3.61. The van der Waals surface area contributed by atoms with Crippen molar-refractivity contribution in [1.29, 1.82) is 5.26 Å². The van der Waals surface area contributed by atoms with Crippen molar-refractivity contribution in [2.75, 3.05) is 7.11 Å². The van der Waals surface area contributed by atoms with Crippen molar-refractivity contribution in [1.82, 2.24) is 10.1 Å². The molecule has 2 aromatic carbocycles. The molecule has 0 spiro atoms. The first kappa shape index (κ1) is 17.9. The Morgan fingerprint density at radius 1 is 1.22 bits per heavy atom. The number of benzene rings is 2. The number of methoxy groups -OCH3 is 1. The summed E-state index contributed by atoms with van der Waals surface area (Å²) >= 11 is 0. The lowest BCUT2D eigenvalue weighted by atomic mass is 10.1. The molecule has 0 aliphatic heterocycles. The fourth-order valence-electron chi connectivity index (χ4n) is 2.27. The van der Waals surface area contributed by atoms with E-state index in [1.165, 1.54) is 6.08 Å². The minimum Gasteiger partial charge on any atom is -0.496 e. The molecule has 3 rings (SSSR count). The van der Waals surface area contributed by atoms with Gasteiger partial charge in [-0.1, -0.05) is 29.4 Å². The lowest BCUT2D eigenvalue weighted by Crippen LogP contribution is -2.01. The summed E-state index contributed by atoms with van der Waals surface area (Å²) in [5.74, 6) is 0.603. The molecule has 3 aromatic rings. The summed E-state index contributed by atoms with van der Waals surface area (Å²) in [7, 11) is 1.56. The quantitative estimate of drug-likeness (QED) is 0.490. The van der Waals surface area contributed by atoms with E-state index in [4.69, 9.17) is 19.3 Å². The van der Waals surface area contributed by atoms with E-state index in [0.29, 0.717) is 22.7 Å². The predicted molar refractivity (Wildman–Crippen MR) is 96.3 cm³/mol. The number of ether oxygens (including phenoxy) is 2. The van der Waals surface area contributed by atoms with Gasteiger partial charge in [-0.25, -0.2) is 4.79 Å². The van der Waals surface area contributed by atoms with E-state index >= 15 is 0 Å². The van der Waals surface area contributed by atoms with Gasteiger partial charge in [0.15, 0.2) is 6.61 Å². The molecule has 7 heteroatoms. The van der Waals surface area contributed by atoms with Gasteiger partial charge >= 0.3 is 5.97 Å². The molecular formula is C20H15N3O4. The standard InChI is InChI=1S/C20H15N3O4/c1-25-17-5-3-2-4-16(17)20-22-18(27-23-20)13-26-19(24)11-10-14-6-8-15(12-21)9-7-14/h2-11H,13H2,1H3/b11-10+. The van der Waals surface area contributed by atoms with Gasteiger partial charge in [0.05, 0.1) is 24.3 Å². The molecule has 0 bridgehead atoms. The van der Waals surface area contributed by atoms with Crippen LogP contribution in [0.3, 0.4) is 0 Å². The van der Waals surface area contributed by atoms with E-state index in [9.17, 15) is 4.79 Å². The average Bonchev–Trinajstić information content (AvgIpc) is 3.20. The molecule has 134 valence electrons. The molecule has 1 heterocycles. The van der Waals surface area contributed by atoms with Gasteiger partial charge in [0.1, 0.15) is 5.75 Å². The first-order valence-corrected chi connectivity index (χ1v) is 8.00. The maximum atomic E-state index is 11.8. The molecule has 0 saturated heterocycles. The van der Waals surface area contributed by atoms with Crippen LogP contribution < -0.4 is 4.74 Å². The number of hydrogen-bond donors (Lipinski definition) is 0. The van der Waals surface area contributed by atoms with Gasteiger partial charge in [-0.3, -0.25) is 0 Å². The van der Waals surface area contributed by atoms with Crippen LogP contribution in [0.25, 0.3) is 17.5 Å². The van der Waals surface area contributed by atoms with E-state index in [1.807, 2.05) is 18.2 Å². The second-order valence-electron chi connectivity index (χ2n) is 5.39. The SMILES string of the molecule is COc1ccccc1-c1noc(COC(=O)/C=C/c2ccc(C#N)cc2)n1. The van der Waals surface area contributed by atoms with Gasteiger partial charge in [-0.2, -0.15) is 10.2 Å². The van der Waals surface area contributed by atoms with Gasteiger partial charge < -0.3 is 14.0 Å². The van der Waals surface area contributed by atoms with Crippen LogP contribution in [0.1, 0.15) is 17.0 Å². The molecule has 7 nitrogen and oxygen atoms in total. The minimum absolute atomic E-state index is 0.140. The number of para-hydroxylation sites is 1. The summed E-state index contributed by atoms with van der Waals surface area (Å²) in [6.45, 7) is -0.140. The molecule has 0 aliphatic rings. The summed E-state index contributed by atoms with van der Waals surface area (Å²) < 4.78 is 15.5. The molecule has 0 amide bonds. The largest absolute Gasteiger partial charge is 0.496 e. The fourth-order valence-corrected chi connectivity index (χ4v) is 2.27. The van der Waals surface area contributed by atoms with Crippen molar-refractivity contribution in [3.05, 3.63) is 71.6 Å². The zero-order valence-corrected chi connectivity index (χ0v) is 14.5. The van der Waals surface area contributed by atoms with Gasteiger partial charge in [-0.15, -0.1) is 0 Å². The Bertz CT molecular complexity index is 1000. The average molecular weight is 361 g/mol. The Hall–Kier alpha value is -3.92. The summed E-state index contributed by atoms with van der Waals surface area (Å²) in [5, 5.41) is 12.6. The zero-order chi connectivity index (χ0) is 19.1. The van der Waals surface area contributed by atoms with Crippen LogP contribution in [0.4, 0.5) is 0 Å². The number of rotatable bonds is 6. The van der Waals surface area contributed by atoms with Crippen LogP contribution in [0.2, 0.25) is 0 Å². The lowest BCUT2D eigenvalue weighted by Gasteiger charge is -2.03. The normalized spacial score (nSPS) is 10.5. The second kappa shape index (κ2) is 8.45. The third-order valence-corrected chi connectivity index (χ3v) is 3.61. The van der Waals surface area contributed by atoms with E-state index in [-0.39, 0.29) is 12.5 Å². The number of carbonyl (C=O) groups is 1. The number of nitrogens with zero attached hydrogens (tertiary/aromatic N) is 3. The summed E-state index contributed by atoms with van der Waals surface area (Å²) in [6, 6.07) is 16.1. The fraction of sp³-hybridized carbons (Fsp3) is 0.100. The van der Waals surface area contributed by atoms with Crippen molar-refractivity contribution in [2.45, 2.75) is 6.61 Å². The number of hydrogen-bond acceptors (Lipinski definition) is 7. The highest BCUT2D eigenvalue weighted by atomic mass is 16.6. The van der Waals surface area contributed by atoms with Crippen molar-refractivity contribution in [2.24, 2.45) is 0 Å². The topological polar surface area (TPSA) is 98.2 Å². The summed E-state index contributed by atoms with van der Waals surface area (Å²) in [5.41, 5.74) is 2.02. The van der Waals surface area contributed by atoms with Crippen LogP contribution in [0.5, 0.6) is 5.75 Å². The minimum atomic E-state index is -0.545. The molecule has 0 N–H and O–H groups in total. The number of carbonyl (C=O) groups excluding carboxylic acids is 1. The van der Waals surface area contributed by atoms with Crippen LogP contribution in [-0.2, 0) is 16.1 Å². The maximum absolute atomic E-state index is 11.8. The Morgan fingerprint density at radius 3 is 2.74 bits per heavy atom. The predicted octanol–water partition coefficient (Wildman–Crippen LogP) is 3.37. The first-order chi connectivity index (χ1) is 13.2. The van der Waals surface area contributed by atoms with Crippen LogP contribution >= 0.6 is 0 Å². The van der Waals surface area contributed by atoms with E-state index in [2.05, 4.69) is 10.1 Å². The zero-order valence-electron chi connectivity index (χ0n) is 14.5.